The maximum atomic E-state index is 17.1. The number of carbonyl (C=O) groups is 2. The maximum absolute atomic E-state index is 17.1. The normalized spacial score (nSPS) is 21.4. The molecule has 5 saturated heterocycles. The smallest absolute Gasteiger partial charge is 0.319 e. The lowest BCUT2D eigenvalue weighted by Gasteiger charge is -2.35. The van der Waals surface area contributed by atoms with E-state index in [-0.39, 0.29) is 88.3 Å². The molecule has 3 aromatic carbocycles. The van der Waals surface area contributed by atoms with Gasteiger partial charge in [-0.15, -0.1) is 17.8 Å². The number of anilines is 2. The highest BCUT2D eigenvalue weighted by Gasteiger charge is 2.44. The monoisotopic (exact) mass is 1160 g/mol. The minimum atomic E-state index is -0.820. The molecule has 2 bridgehead atoms. The van der Waals surface area contributed by atoms with Gasteiger partial charge in [0.2, 0.25) is 11.8 Å². The second kappa shape index (κ2) is 24.3. The zero-order chi connectivity index (χ0) is 58.3. The van der Waals surface area contributed by atoms with Crippen LogP contribution >= 0.6 is 11.3 Å². The molecule has 4 aromatic heterocycles. The number of hydrogen-bond donors (Lipinski definition) is 4. The van der Waals surface area contributed by atoms with Crippen LogP contribution < -0.4 is 25.2 Å². The summed E-state index contributed by atoms with van der Waals surface area (Å²) in [6.07, 6.45) is 15.4. The Balaban J connectivity index is 0.623. The number of aromatic nitrogens is 5. The van der Waals surface area contributed by atoms with Crippen LogP contribution in [-0.4, -0.2) is 140 Å². The number of hydrogen-bond acceptors (Lipinski definition) is 16. The number of thiazole rings is 1. The lowest BCUT2D eigenvalue weighted by molar-refractivity contribution is -0.141. The Labute approximate surface area is 492 Å². The molecule has 2 amide bonds. The summed E-state index contributed by atoms with van der Waals surface area (Å²) in [6.45, 7) is 13.9. The van der Waals surface area contributed by atoms with E-state index < -0.39 is 29.7 Å². The first kappa shape index (κ1) is 57.1. The number of ether oxygens (including phenoxy) is 1. The molecule has 6 atom stereocenters. The Kier molecular flexibility index (Phi) is 16.6. The van der Waals surface area contributed by atoms with E-state index in [1.54, 1.807) is 17.5 Å². The highest BCUT2D eigenvalue weighted by molar-refractivity contribution is 7.13. The summed E-state index contributed by atoms with van der Waals surface area (Å²) in [5, 5.41) is 33.9. The molecule has 5 fully saturated rings. The molecule has 440 valence electrons. The van der Waals surface area contributed by atoms with Gasteiger partial charge in [-0.3, -0.25) is 19.5 Å². The number of aliphatic hydroxyl groups excluding tert-OH is 1. The number of phenols is 1. The van der Waals surface area contributed by atoms with E-state index in [0.29, 0.717) is 66.2 Å². The summed E-state index contributed by atoms with van der Waals surface area (Å²) in [5.74, 6) is 2.49. The number of terminal acetylenes is 1. The van der Waals surface area contributed by atoms with Crippen molar-refractivity contribution in [3.8, 4) is 45.8 Å². The van der Waals surface area contributed by atoms with Crippen molar-refractivity contribution in [2.45, 2.75) is 122 Å². The number of amides is 2. The van der Waals surface area contributed by atoms with Gasteiger partial charge in [-0.25, -0.2) is 13.8 Å². The van der Waals surface area contributed by atoms with Crippen molar-refractivity contribution in [2.24, 2.45) is 17.8 Å². The van der Waals surface area contributed by atoms with Crippen LogP contribution in [0.3, 0.4) is 0 Å². The number of benzene rings is 3. The second-order valence-electron chi connectivity index (χ2n) is 24.2. The minimum absolute atomic E-state index is 0.0224. The minimum Gasteiger partial charge on any atom is -0.508 e. The number of pyridine rings is 1. The van der Waals surface area contributed by atoms with Gasteiger partial charge in [-0.2, -0.15) is 9.97 Å². The molecule has 0 spiro atoms. The summed E-state index contributed by atoms with van der Waals surface area (Å²) in [4.78, 5) is 56.2. The lowest BCUT2D eigenvalue weighted by Crippen LogP contribution is -2.51. The molecule has 5 aliphatic heterocycles. The van der Waals surface area contributed by atoms with E-state index in [1.165, 1.54) is 35.6 Å². The van der Waals surface area contributed by atoms with Crippen LogP contribution in [0.1, 0.15) is 113 Å². The number of rotatable bonds is 17. The fourth-order valence-electron chi connectivity index (χ4n) is 13.6. The first-order valence-corrected chi connectivity index (χ1v) is 30.7. The summed E-state index contributed by atoms with van der Waals surface area (Å²) in [5.41, 5.74) is 4.84. The zero-order valence-electron chi connectivity index (χ0n) is 48.1. The summed E-state index contributed by atoms with van der Waals surface area (Å²) < 4.78 is 44.4. The molecule has 84 heavy (non-hydrogen) atoms. The van der Waals surface area contributed by atoms with Gasteiger partial charge >= 0.3 is 6.01 Å². The molecule has 17 nitrogen and oxygen atoms in total. The summed E-state index contributed by atoms with van der Waals surface area (Å²) in [6, 6.07) is 15.0. The van der Waals surface area contributed by atoms with E-state index in [0.717, 1.165) is 92.8 Å². The number of nitrogens with one attached hydrogen (secondary N) is 2. The van der Waals surface area contributed by atoms with Crippen LogP contribution in [0, 0.1) is 48.7 Å². The van der Waals surface area contributed by atoms with Gasteiger partial charge in [-0.1, -0.05) is 68.1 Å². The van der Waals surface area contributed by atoms with E-state index in [9.17, 15) is 19.8 Å². The number of aryl methyl sites for hydroxylation is 1. The number of aromatic hydroxyl groups is 1. The molecule has 0 saturated carbocycles. The zero-order valence-corrected chi connectivity index (χ0v) is 48.9. The molecule has 7 aromatic rings. The number of halogens is 2. The average Bonchev–Trinajstić information content (AvgIpc) is 1.48. The van der Waals surface area contributed by atoms with Gasteiger partial charge in [0.15, 0.2) is 17.4 Å². The van der Waals surface area contributed by atoms with E-state index in [2.05, 4.69) is 51.4 Å². The van der Waals surface area contributed by atoms with Crippen molar-refractivity contribution >= 4 is 56.5 Å². The maximum Gasteiger partial charge on any atom is 0.319 e. The van der Waals surface area contributed by atoms with Crippen LogP contribution in [0.25, 0.3) is 43.4 Å². The van der Waals surface area contributed by atoms with E-state index in [1.807, 2.05) is 63.5 Å². The van der Waals surface area contributed by atoms with Crippen LogP contribution in [0.2, 0.25) is 0 Å². The lowest BCUT2D eigenvalue weighted by atomic mass is 9.85. The molecule has 12 rings (SSSR count). The Hall–Kier alpha value is -7.31. The van der Waals surface area contributed by atoms with Crippen molar-refractivity contribution in [2.75, 3.05) is 68.8 Å². The van der Waals surface area contributed by atoms with Crippen LogP contribution in [-0.2, 0) is 9.59 Å². The number of piperidine rings is 2. The van der Waals surface area contributed by atoms with Crippen molar-refractivity contribution in [3.63, 3.8) is 0 Å². The van der Waals surface area contributed by atoms with E-state index >= 15 is 8.78 Å². The van der Waals surface area contributed by atoms with Gasteiger partial charge in [0, 0.05) is 81.0 Å². The van der Waals surface area contributed by atoms with Crippen LogP contribution in [0.15, 0.2) is 70.8 Å². The SMILES string of the molecule is C#Cc1c(F)ccc2cc(O)cc(-c3ncc4c(N5CC6CCC(C5)N6)nc(OCCN5CCC(CCC6CCN(c7cc([C@H](C(=O)N8C[C@H](O)C[C@H]8C(=O)N[C@@H](C)c8ccc(-c9scnc9C)cc8)C(C)C)on7)CC6)CC5)nc4c3F)c12. The van der Waals surface area contributed by atoms with Crippen molar-refractivity contribution in [1.29, 1.82) is 0 Å². The number of piperazine rings is 1. The number of carbonyl (C=O) groups excluding carboxylic acids is 2. The number of aliphatic hydroxyl groups is 1. The number of β-amino-alcohol motifs (C(OH)–C–C–N with tert-alkyl or cyclic N) is 1. The topological polar surface area (TPSA) is 198 Å². The first-order chi connectivity index (χ1) is 40.7. The predicted octanol–water partition coefficient (Wildman–Crippen LogP) is 9.54. The highest BCUT2D eigenvalue weighted by Crippen LogP contribution is 2.41. The predicted molar refractivity (Wildman–Crippen MR) is 320 cm³/mol. The molecular weight excluding hydrogens is 1090 g/mol. The molecule has 5 aliphatic rings. The molecular formula is C64H73F2N11O6S. The number of fused-ring (bicyclic) bond motifs is 4. The molecule has 0 aliphatic carbocycles. The number of nitrogens with zero attached hydrogens (tertiary/aromatic N) is 9. The summed E-state index contributed by atoms with van der Waals surface area (Å²) in [7, 11) is 0. The molecule has 20 heteroatoms. The highest BCUT2D eigenvalue weighted by atomic mass is 32.1. The molecule has 9 heterocycles. The molecule has 4 N–H and O–H groups in total. The Morgan fingerprint density at radius 2 is 1.64 bits per heavy atom. The third-order valence-electron chi connectivity index (χ3n) is 18.3. The van der Waals surface area contributed by atoms with Crippen molar-refractivity contribution in [3.05, 3.63) is 101 Å². The van der Waals surface area contributed by atoms with Crippen LogP contribution in [0.4, 0.5) is 20.4 Å². The van der Waals surface area contributed by atoms with Gasteiger partial charge < -0.3 is 44.8 Å². The Morgan fingerprint density at radius 1 is 0.917 bits per heavy atom. The quantitative estimate of drug-likeness (QED) is 0.0629. The largest absolute Gasteiger partial charge is 0.508 e. The number of likely N-dealkylation sites (tertiary alicyclic amines) is 2. The van der Waals surface area contributed by atoms with Gasteiger partial charge in [0.1, 0.15) is 47.2 Å². The third-order valence-corrected chi connectivity index (χ3v) is 19.3. The van der Waals surface area contributed by atoms with Crippen molar-refractivity contribution in [1.82, 2.24) is 45.5 Å². The van der Waals surface area contributed by atoms with E-state index in [4.69, 9.17) is 20.7 Å². The number of phenolic OH excluding ortho intramolecular Hbond substituents is 1. The fraction of sp³-hybridized carbons (Fsp3) is 0.484. The summed E-state index contributed by atoms with van der Waals surface area (Å²) >= 11 is 1.59. The first-order valence-electron chi connectivity index (χ1n) is 29.8. The van der Waals surface area contributed by atoms with Gasteiger partial charge in [-0.05, 0) is 118 Å². The molecule has 0 radical (unpaired) electrons. The molecule has 2 unspecified atom stereocenters. The van der Waals surface area contributed by atoms with Gasteiger partial charge in [0.25, 0.3) is 0 Å². The Morgan fingerprint density at radius 3 is 2.33 bits per heavy atom. The average molecular weight is 1160 g/mol. The van der Waals surface area contributed by atoms with Crippen LogP contribution in [0.5, 0.6) is 11.8 Å². The third kappa shape index (κ3) is 11.8. The second-order valence-corrected chi connectivity index (χ2v) is 25.0. The standard InChI is InChI=1S/C64H73F2N11O6S/c1-6-48-51(65)16-13-43-27-46(78)28-49(56(43)48)58-57(66)59-50(31-67-58)61(76-32-44-14-15-45(33-76)70-44)72-64(71-59)82-26-25-74-21-17-39(18-22-74)7-8-40-19-23-75(24-20-40)54-30-53(83-73-54)55(36(2)3)63(81)77-34-47(79)29-52(77)62(80)69-37(4)41-9-11-42(12-10-41)60-38(5)68-35-84-60/h1,9-13,16,27-28,30-31,35-37,39-40,44-45,47,52,55,70,78-79H,7-8,14-15,17-26,29,32-34H2,2-5H3,(H,69,80)/t37-,44?,45?,47+,52-,55+/m0/s1. The fourth-order valence-corrected chi connectivity index (χ4v) is 14.4. The Bertz CT molecular complexity index is 3580. The van der Waals surface area contributed by atoms with Gasteiger partial charge in [0.05, 0.1) is 39.2 Å². The van der Waals surface area contributed by atoms with Crippen molar-refractivity contribution < 1.29 is 37.8 Å².